The van der Waals surface area contributed by atoms with Gasteiger partial charge in [-0.05, 0) is 31.4 Å². The van der Waals surface area contributed by atoms with Gasteiger partial charge in [0.15, 0.2) is 5.82 Å². The molecule has 1 N–H and O–H groups in total. The van der Waals surface area contributed by atoms with E-state index in [1.54, 1.807) is 6.20 Å². The Balaban J connectivity index is 1.84. The largest absolute Gasteiger partial charge is 0.394 e. The first-order valence-corrected chi connectivity index (χ1v) is 8.57. The molecule has 0 aromatic carbocycles. The summed E-state index contributed by atoms with van der Waals surface area (Å²) in [5.41, 5.74) is 1.80. The van der Waals surface area contributed by atoms with E-state index in [0.717, 1.165) is 49.6 Å². The van der Waals surface area contributed by atoms with Crippen molar-refractivity contribution in [3.8, 4) is 11.5 Å². The molecule has 0 spiro atoms. The lowest BCUT2D eigenvalue weighted by Crippen LogP contribution is -2.40. The van der Waals surface area contributed by atoms with E-state index in [0.29, 0.717) is 12.4 Å². The molecular formula is C18H24N4O2. The highest BCUT2D eigenvalue weighted by Gasteiger charge is 2.22. The van der Waals surface area contributed by atoms with Crippen LogP contribution >= 0.6 is 0 Å². The maximum atomic E-state index is 8.94. The van der Waals surface area contributed by atoms with Gasteiger partial charge in [0.05, 0.1) is 19.3 Å². The lowest BCUT2D eigenvalue weighted by molar-refractivity contribution is 0.0213. The zero-order chi connectivity index (χ0) is 16.8. The van der Waals surface area contributed by atoms with Gasteiger partial charge in [-0.3, -0.25) is 4.98 Å². The Kier molecular flexibility index (Phi) is 5.72. The van der Waals surface area contributed by atoms with Crippen LogP contribution in [0, 0.1) is 0 Å². The highest BCUT2D eigenvalue weighted by Crippen LogP contribution is 2.23. The molecule has 0 bridgehead atoms. The summed E-state index contributed by atoms with van der Waals surface area (Å²) in [7, 11) is 0. The van der Waals surface area contributed by atoms with Gasteiger partial charge in [0.1, 0.15) is 11.5 Å². The van der Waals surface area contributed by atoms with Crippen LogP contribution in [0.5, 0.6) is 0 Å². The van der Waals surface area contributed by atoms with Gasteiger partial charge in [0, 0.05) is 31.0 Å². The SMILES string of the molecule is CCc1cc(N2CCCC(OCCO)C2)nc(-c2ccccn2)n1. The number of aromatic nitrogens is 3. The molecule has 1 unspecified atom stereocenters. The zero-order valence-electron chi connectivity index (χ0n) is 14.1. The molecule has 1 atom stereocenters. The molecule has 0 aliphatic carbocycles. The summed E-state index contributed by atoms with van der Waals surface area (Å²) in [5.74, 6) is 1.60. The van der Waals surface area contributed by atoms with E-state index < -0.39 is 0 Å². The fraction of sp³-hybridized carbons (Fsp3) is 0.500. The molecule has 0 saturated carbocycles. The number of aliphatic hydroxyl groups excluding tert-OH is 1. The predicted octanol–water partition coefficient (Wildman–Crippen LogP) is 2.08. The van der Waals surface area contributed by atoms with Gasteiger partial charge < -0.3 is 14.7 Å². The van der Waals surface area contributed by atoms with E-state index in [-0.39, 0.29) is 12.7 Å². The van der Waals surface area contributed by atoms with Crippen molar-refractivity contribution in [2.45, 2.75) is 32.3 Å². The predicted molar refractivity (Wildman–Crippen MR) is 92.9 cm³/mol. The van der Waals surface area contributed by atoms with Crippen LogP contribution < -0.4 is 4.90 Å². The van der Waals surface area contributed by atoms with Crippen molar-refractivity contribution >= 4 is 5.82 Å². The standard InChI is InChI=1S/C18H24N4O2/c1-2-14-12-17(21-18(20-14)16-7-3-4-8-19-16)22-9-5-6-15(13-22)24-11-10-23/h3-4,7-8,12,15,23H,2,5-6,9-11,13H2,1H3. The fourth-order valence-corrected chi connectivity index (χ4v) is 2.94. The Hall–Kier alpha value is -2.05. The molecule has 24 heavy (non-hydrogen) atoms. The number of pyridine rings is 1. The van der Waals surface area contributed by atoms with Crippen LogP contribution in [0.2, 0.25) is 0 Å². The molecule has 128 valence electrons. The monoisotopic (exact) mass is 328 g/mol. The summed E-state index contributed by atoms with van der Waals surface area (Å²) in [6.07, 6.45) is 4.84. The van der Waals surface area contributed by atoms with Crippen LogP contribution in [0.15, 0.2) is 30.5 Å². The van der Waals surface area contributed by atoms with Crippen molar-refractivity contribution in [2.24, 2.45) is 0 Å². The minimum atomic E-state index is 0.0633. The zero-order valence-corrected chi connectivity index (χ0v) is 14.1. The minimum Gasteiger partial charge on any atom is -0.394 e. The summed E-state index contributed by atoms with van der Waals surface area (Å²) in [6.45, 7) is 4.30. The number of nitrogens with zero attached hydrogens (tertiary/aromatic N) is 4. The van der Waals surface area contributed by atoms with Gasteiger partial charge in [-0.1, -0.05) is 13.0 Å². The van der Waals surface area contributed by atoms with Crippen LogP contribution in [0.4, 0.5) is 5.82 Å². The van der Waals surface area contributed by atoms with Crippen LogP contribution in [0.25, 0.3) is 11.5 Å². The van der Waals surface area contributed by atoms with E-state index >= 15 is 0 Å². The third kappa shape index (κ3) is 4.07. The molecule has 0 amide bonds. The number of aliphatic hydroxyl groups is 1. The molecule has 3 heterocycles. The lowest BCUT2D eigenvalue weighted by atomic mass is 10.1. The molecular weight excluding hydrogens is 304 g/mol. The molecule has 2 aromatic heterocycles. The Morgan fingerprint density at radius 1 is 1.33 bits per heavy atom. The summed E-state index contributed by atoms with van der Waals surface area (Å²) in [6, 6.07) is 7.83. The van der Waals surface area contributed by atoms with Crippen molar-refractivity contribution in [1.29, 1.82) is 0 Å². The molecule has 1 fully saturated rings. The molecule has 0 radical (unpaired) electrons. The first-order chi connectivity index (χ1) is 11.8. The maximum Gasteiger partial charge on any atom is 0.180 e. The smallest absolute Gasteiger partial charge is 0.180 e. The van der Waals surface area contributed by atoms with Gasteiger partial charge in [0.2, 0.25) is 0 Å². The van der Waals surface area contributed by atoms with Crippen LogP contribution in [0.1, 0.15) is 25.5 Å². The molecule has 3 rings (SSSR count). The minimum absolute atomic E-state index is 0.0633. The number of aryl methyl sites for hydroxylation is 1. The highest BCUT2D eigenvalue weighted by molar-refractivity contribution is 5.54. The molecule has 2 aromatic rings. The average Bonchev–Trinajstić information content (AvgIpc) is 2.67. The average molecular weight is 328 g/mol. The number of ether oxygens (including phenoxy) is 1. The van der Waals surface area contributed by atoms with Crippen molar-refractivity contribution in [3.05, 3.63) is 36.2 Å². The lowest BCUT2D eigenvalue weighted by Gasteiger charge is -2.33. The summed E-state index contributed by atoms with van der Waals surface area (Å²) >= 11 is 0. The van der Waals surface area contributed by atoms with E-state index in [2.05, 4.69) is 27.9 Å². The van der Waals surface area contributed by atoms with E-state index in [1.807, 2.05) is 18.2 Å². The van der Waals surface area contributed by atoms with Gasteiger partial charge in [-0.25, -0.2) is 9.97 Å². The van der Waals surface area contributed by atoms with Crippen LogP contribution in [-0.4, -0.2) is 52.5 Å². The summed E-state index contributed by atoms with van der Waals surface area (Å²) < 4.78 is 5.71. The molecule has 6 nitrogen and oxygen atoms in total. The highest BCUT2D eigenvalue weighted by atomic mass is 16.5. The van der Waals surface area contributed by atoms with Gasteiger partial charge in [-0.2, -0.15) is 0 Å². The molecule has 1 aliphatic rings. The Labute approximate surface area is 142 Å². The third-order valence-corrected chi connectivity index (χ3v) is 4.17. The number of hydrogen-bond donors (Lipinski definition) is 1. The van der Waals surface area contributed by atoms with Crippen LogP contribution in [-0.2, 0) is 11.2 Å². The third-order valence-electron chi connectivity index (χ3n) is 4.17. The molecule has 6 heteroatoms. The second-order valence-corrected chi connectivity index (χ2v) is 5.91. The summed E-state index contributed by atoms with van der Waals surface area (Å²) in [5, 5.41) is 8.94. The quantitative estimate of drug-likeness (QED) is 0.875. The van der Waals surface area contributed by atoms with E-state index in [4.69, 9.17) is 14.8 Å². The Bertz CT molecular complexity index is 651. The maximum absolute atomic E-state index is 8.94. The van der Waals surface area contributed by atoms with Gasteiger partial charge in [-0.15, -0.1) is 0 Å². The number of rotatable bonds is 6. The molecule has 1 saturated heterocycles. The number of anilines is 1. The van der Waals surface area contributed by atoms with Crippen molar-refractivity contribution < 1.29 is 9.84 Å². The second kappa shape index (κ2) is 8.17. The van der Waals surface area contributed by atoms with Crippen molar-refractivity contribution in [1.82, 2.24) is 15.0 Å². The number of hydrogen-bond acceptors (Lipinski definition) is 6. The fourth-order valence-electron chi connectivity index (χ4n) is 2.94. The Morgan fingerprint density at radius 3 is 3.00 bits per heavy atom. The van der Waals surface area contributed by atoms with Gasteiger partial charge >= 0.3 is 0 Å². The van der Waals surface area contributed by atoms with Crippen LogP contribution in [0.3, 0.4) is 0 Å². The second-order valence-electron chi connectivity index (χ2n) is 5.91. The molecule has 1 aliphatic heterocycles. The van der Waals surface area contributed by atoms with Crippen molar-refractivity contribution in [2.75, 3.05) is 31.2 Å². The van der Waals surface area contributed by atoms with E-state index in [1.165, 1.54) is 0 Å². The first-order valence-electron chi connectivity index (χ1n) is 8.57. The topological polar surface area (TPSA) is 71.4 Å². The number of piperidine rings is 1. The Morgan fingerprint density at radius 2 is 2.25 bits per heavy atom. The first kappa shape index (κ1) is 16.8. The van der Waals surface area contributed by atoms with Crippen molar-refractivity contribution in [3.63, 3.8) is 0 Å². The van der Waals surface area contributed by atoms with Gasteiger partial charge in [0.25, 0.3) is 0 Å². The summed E-state index contributed by atoms with van der Waals surface area (Å²) in [4.78, 5) is 16.0. The van der Waals surface area contributed by atoms with E-state index in [9.17, 15) is 0 Å². The normalized spacial score (nSPS) is 17.9.